The van der Waals surface area contributed by atoms with E-state index in [-0.39, 0.29) is 5.84 Å². The molecule has 10 aromatic rings. The summed E-state index contributed by atoms with van der Waals surface area (Å²) >= 11 is 0. The maximum atomic E-state index is 9.33. The van der Waals surface area contributed by atoms with Crippen LogP contribution in [-0.2, 0) is 0 Å². The van der Waals surface area contributed by atoms with Crippen molar-refractivity contribution in [3.63, 3.8) is 0 Å². The van der Waals surface area contributed by atoms with E-state index < -0.39 is 0 Å². The first-order valence-corrected chi connectivity index (χ1v) is 18.4. The van der Waals surface area contributed by atoms with Crippen molar-refractivity contribution in [1.82, 2.24) is 0 Å². The van der Waals surface area contributed by atoms with Crippen LogP contribution in [0.1, 0.15) is 16.7 Å². The highest BCUT2D eigenvalue weighted by atomic mass is 16.3. The molecule has 10 rings (SSSR count). The van der Waals surface area contributed by atoms with Gasteiger partial charge in [0, 0.05) is 33.7 Å². The van der Waals surface area contributed by atoms with Gasteiger partial charge < -0.3 is 4.42 Å². The van der Waals surface area contributed by atoms with Gasteiger partial charge in [-0.1, -0.05) is 170 Å². The molecule has 0 bridgehead atoms. The van der Waals surface area contributed by atoms with E-state index in [1.54, 1.807) is 0 Å². The summed E-state index contributed by atoms with van der Waals surface area (Å²) in [7, 11) is 0. The molecule has 0 aliphatic heterocycles. The highest BCUT2D eigenvalue weighted by molar-refractivity contribution is 6.23. The Morgan fingerprint density at radius 1 is 0.473 bits per heavy atom. The molecular formula is C51H33N3O. The van der Waals surface area contributed by atoms with Crippen molar-refractivity contribution in [1.29, 1.82) is 5.41 Å². The van der Waals surface area contributed by atoms with E-state index in [0.29, 0.717) is 11.4 Å². The molecular weight excluding hydrogens is 671 g/mol. The molecule has 258 valence electrons. The van der Waals surface area contributed by atoms with Gasteiger partial charge in [0.2, 0.25) is 0 Å². The molecule has 0 aliphatic carbocycles. The Morgan fingerprint density at radius 2 is 1.13 bits per heavy atom. The quantitative estimate of drug-likeness (QED) is 0.0825. The SMILES string of the molecule is N=C(N=C(N=Cc1c2ccccc2cc2c1ccc1ccccc12)c1ccccc1-c1cccc2oc3ccccc3c12)c1ccc(-c2ccccc2)cc1. The number of aliphatic imine (C=N–C) groups is 2. The van der Waals surface area contributed by atoms with Crippen LogP contribution < -0.4 is 0 Å². The number of fused-ring (bicyclic) bond motifs is 7. The lowest BCUT2D eigenvalue weighted by Gasteiger charge is -2.13. The highest BCUT2D eigenvalue weighted by Gasteiger charge is 2.18. The zero-order valence-corrected chi connectivity index (χ0v) is 29.8. The molecule has 0 spiro atoms. The summed E-state index contributed by atoms with van der Waals surface area (Å²) in [6.07, 6.45) is 1.94. The van der Waals surface area contributed by atoms with Crippen molar-refractivity contribution in [2.75, 3.05) is 0 Å². The van der Waals surface area contributed by atoms with Crippen molar-refractivity contribution >= 4 is 72.1 Å². The smallest absolute Gasteiger partial charge is 0.162 e. The fourth-order valence-electron chi connectivity index (χ4n) is 7.81. The van der Waals surface area contributed by atoms with Crippen LogP contribution in [0.3, 0.4) is 0 Å². The molecule has 0 amide bonds. The van der Waals surface area contributed by atoms with E-state index in [2.05, 4.69) is 97.1 Å². The summed E-state index contributed by atoms with van der Waals surface area (Å²) in [4.78, 5) is 10.3. The Kier molecular flexibility index (Phi) is 7.93. The Morgan fingerprint density at radius 3 is 1.98 bits per heavy atom. The molecule has 0 atom stereocenters. The van der Waals surface area contributed by atoms with E-state index in [9.17, 15) is 5.41 Å². The fraction of sp³-hybridized carbons (Fsp3) is 0. The largest absolute Gasteiger partial charge is 0.456 e. The lowest BCUT2D eigenvalue weighted by molar-refractivity contribution is 0.669. The molecule has 4 heteroatoms. The van der Waals surface area contributed by atoms with Gasteiger partial charge in [-0.25, -0.2) is 9.98 Å². The topological polar surface area (TPSA) is 61.7 Å². The van der Waals surface area contributed by atoms with E-state index in [1.165, 1.54) is 16.2 Å². The highest BCUT2D eigenvalue weighted by Crippen LogP contribution is 2.38. The van der Waals surface area contributed by atoms with Crippen molar-refractivity contribution in [2.45, 2.75) is 0 Å². The van der Waals surface area contributed by atoms with Crippen LogP contribution in [-0.4, -0.2) is 17.9 Å². The summed E-state index contributed by atoms with van der Waals surface area (Å²) < 4.78 is 6.30. The van der Waals surface area contributed by atoms with Crippen LogP contribution in [0.5, 0.6) is 0 Å². The van der Waals surface area contributed by atoms with Gasteiger partial charge in [-0.2, -0.15) is 0 Å². The lowest BCUT2D eigenvalue weighted by Crippen LogP contribution is -2.06. The second-order valence-electron chi connectivity index (χ2n) is 13.7. The standard InChI is InChI=1S/C51H33N3O/c52-50(36-27-25-34(26-28-36)33-13-2-1-3-14-33)54-51(43-20-9-8-19-40(43)42-22-12-24-48-49(42)44-21-10-11-23-47(44)55-48)53-32-46-39-18-7-5-16-37(39)31-45-38-17-6-4-15-35(38)29-30-41(45)46/h1-32,52H. The number of rotatable bonds is 5. The molecule has 0 unspecified atom stereocenters. The van der Waals surface area contributed by atoms with Crippen LogP contribution >= 0.6 is 0 Å². The molecule has 1 heterocycles. The van der Waals surface area contributed by atoms with Gasteiger partial charge in [-0.3, -0.25) is 5.41 Å². The summed E-state index contributed by atoms with van der Waals surface area (Å²) in [6, 6.07) is 64.4. The number of furan rings is 1. The summed E-state index contributed by atoms with van der Waals surface area (Å²) in [6.45, 7) is 0. The third-order valence-electron chi connectivity index (χ3n) is 10.5. The van der Waals surface area contributed by atoms with E-state index in [0.717, 1.165) is 71.5 Å². The molecule has 4 nitrogen and oxygen atoms in total. The fourth-order valence-corrected chi connectivity index (χ4v) is 7.81. The first-order valence-electron chi connectivity index (χ1n) is 18.4. The zero-order valence-electron chi connectivity index (χ0n) is 29.8. The van der Waals surface area contributed by atoms with Gasteiger partial charge in [0.15, 0.2) is 11.7 Å². The van der Waals surface area contributed by atoms with Crippen LogP contribution in [0.2, 0.25) is 0 Å². The predicted molar refractivity (Wildman–Crippen MR) is 231 cm³/mol. The number of hydrogen-bond acceptors (Lipinski definition) is 2. The number of nitrogens with one attached hydrogen (secondary N) is 1. The minimum Gasteiger partial charge on any atom is -0.456 e. The molecule has 0 saturated carbocycles. The summed E-state index contributed by atoms with van der Waals surface area (Å²) in [5.41, 5.74) is 8.36. The third-order valence-corrected chi connectivity index (χ3v) is 10.5. The molecule has 0 fully saturated rings. The number of benzene rings is 9. The number of nitrogens with zero attached hydrogens (tertiary/aromatic N) is 2. The molecule has 0 saturated heterocycles. The van der Waals surface area contributed by atoms with E-state index in [1.807, 2.05) is 97.2 Å². The Labute approximate surface area is 317 Å². The summed E-state index contributed by atoms with van der Waals surface area (Å²) in [5, 5.41) is 18.3. The van der Waals surface area contributed by atoms with Gasteiger partial charge in [0.1, 0.15) is 11.2 Å². The molecule has 1 aromatic heterocycles. The van der Waals surface area contributed by atoms with Gasteiger partial charge in [-0.05, 0) is 72.8 Å². The average Bonchev–Trinajstić information content (AvgIpc) is 3.64. The summed E-state index contributed by atoms with van der Waals surface area (Å²) in [5.74, 6) is 0.571. The average molecular weight is 704 g/mol. The van der Waals surface area contributed by atoms with Crippen molar-refractivity contribution in [3.8, 4) is 22.3 Å². The molecule has 55 heavy (non-hydrogen) atoms. The Hall–Kier alpha value is -7.43. The zero-order chi connectivity index (χ0) is 36.7. The predicted octanol–water partition coefficient (Wildman–Crippen LogP) is 13.3. The monoisotopic (exact) mass is 703 g/mol. The van der Waals surface area contributed by atoms with Crippen LogP contribution in [0.4, 0.5) is 0 Å². The maximum absolute atomic E-state index is 9.33. The van der Waals surface area contributed by atoms with Crippen LogP contribution in [0, 0.1) is 5.41 Å². The Bertz CT molecular complexity index is 3150. The molecule has 0 aliphatic rings. The van der Waals surface area contributed by atoms with Gasteiger partial charge >= 0.3 is 0 Å². The van der Waals surface area contributed by atoms with Gasteiger partial charge in [0.05, 0.1) is 0 Å². The Balaban J connectivity index is 1.17. The lowest BCUT2D eigenvalue weighted by atomic mass is 9.93. The van der Waals surface area contributed by atoms with Gasteiger partial charge in [0.25, 0.3) is 0 Å². The molecule has 0 radical (unpaired) electrons. The molecule has 9 aromatic carbocycles. The first-order chi connectivity index (χ1) is 27.2. The number of para-hydroxylation sites is 1. The van der Waals surface area contributed by atoms with Crippen molar-refractivity contribution < 1.29 is 4.42 Å². The van der Waals surface area contributed by atoms with Crippen LogP contribution in [0.25, 0.3) is 76.5 Å². The maximum Gasteiger partial charge on any atom is 0.162 e. The minimum atomic E-state index is 0.127. The van der Waals surface area contributed by atoms with Crippen molar-refractivity contribution in [2.24, 2.45) is 9.98 Å². The second-order valence-corrected chi connectivity index (χ2v) is 13.7. The van der Waals surface area contributed by atoms with Crippen molar-refractivity contribution in [3.05, 3.63) is 205 Å². The number of hydrogen-bond donors (Lipinski definition) is 1. The minimum absolute atomic E-state index is 0.127. The van der Waals surface area contributed by atoms with Gasteiger partial charge in [-0.15, -0.1) is 0 Å². The van der Waals surface area contributed by atoms with E-state index >= 15 is 0 Å². The third kappa shape index (κ3) is 5.77. The first kappa shape index (κ1) is 32.2. The van der Waals surface area contributed by atoms with Crippen LogP contribution in [0.15, 0.2) is 202 Å². The number of amidine groups is 2. The molecule has 1 N–H and O–H groups in total. The normalized spacial score (nSPS) is 12.1. The van der Waals surface area contributed by atoms with E-state index in [4.69, 9.17) is 14.4 Å². The second kappa shape index (κ2) is 13.5.